The number of methoxy groups -OCH3 is 1. The van der Waals surface area contributed by atoms with Gasteiger partial charge in [-0.1, -0.05) is 28.1 Å². The summed E-state index contributed by atoms with van der Waals surface area (Å²) in [7, 11) is 1.30. The molecular formula is C12H10BrNO3. The molecule has 0 atom stereocenters. The van der Waals surface area contributed by atoms with Crippen molar-refractivity contribution in [1.29, 1.82) is 0 Å². The second-order valence-corrected chi connectivity index (χ2v) is 4.49. The second-order valence-electron chi connectivity index (χ2n) is 3.58. The first-order valence-corrected chi connectivity index (χ1v) is 5.78. The molecule has 1 amide bonds. The average Bonchev–Trinajstić information content (AvgIpc) is 2.71. The van der Waals surface area contributed by atoms with Gasteiger partial charge in [0.2, 0.25) is 5.91 Å². The van der Waals surface area contributed by atoms with Crippen molar-refractivity contribution in [2.24, 2.45) is 0 Å². The maximum Gasteiger partial charge on any atom is 0.336 e. The lowest BCUT2D eigenvalue weighted by Gasteiger charge is -2.05. The molecule has 1 aliphatic heterocycles. The first-order chi connectivity index (χ1) is 8.11. The molecule has 0 aromatic heterocycles. The lowest BCUT2D eigenvalue weighted by atomic mass is 10.1. The predicted octanol–water partition coefficient (Wildman–Crippen LogP) is 1.85. The molecule has 0 saturated heterocycles. The minimum absolute atomic E-state index is 0.0675. The first-order valence-electron chi connectivity index (χ1n) is 4.99. The summed E-state index contributed by atoms with van der Waals surface area (Å²) < 4.78 is 5.60. The SMILES string of the molecule is COC(=O)C1=C(c2ccc(Br)cc2)NC(=O)C1. The van der Waals surface area contributed by atoms with Crippen LogP contribution < -0.4 is 5.32 Å². The highest BCUT2D eigenvalue weighted by Gasteiger charge is 2.27. The molecule has 5 heteroatoms. The van der Waals surface area contributed by atoms with Crippen molar-refractivity contribution < 1.29 is 14.3 Å². The second kappa shape index (κ2) is 4.71. The average molecular weight is 296 g/mol. The van der Waals surface area contributed by atoms with Crippen LogP contribution in [-0.4, -0.2) is 19.0 Å². The van der Waals surface area contributed by atoms with E-state index in [-0.39, 0.29) is 12.3 Å². The minimum Gasteiger partial charge on any atom is -0.466 e. The molecule has 1 aromatic carbocycles. The fourth-order valence-electron chi connectivity index (χ4n) is 1.67. The van der Waals surface area contributed by atoms with Crippen LogP contribution in [0, 0.1) is 0 Å². The number of amides is 1. The van der Waals surface area contributed by atoms with Crippen molar-refractivity contribution in [3.63, 3.8) is 0 Å². The van der Waals surface area contributed by atoms with E-state index in [0.29, 0.717) is 11.3 Å². The van der Waals surface area contributed by atoms with Gasteiger partial charge in [-0.05, 0) is 17.7 Å². The summed E-state index contributed by atoms with van der Waals surface area (Å²) in [5, 5.41) is 2.68. The normalized spacial score (nSPS) is 14.8. The van der Waals surface area contributed by atoms with Crippen LogP contribution >= 0.6 is 15.9 Å². The first kappa shape index (κ1) is 11.9. The van der Waals surface area contributed by atoms with E-state index >= 15 is 0 Å². The Morgan fingerprint density at radius 2 is 2.00 bits per heavy atom. The summed E-state index contributed by atoms with van der Waals surface area (Å²) in [6, 6.07) is 7.35. The van der Waals surface area contributed by atoms with Gasteiger partial charge < -0.3 is 10.1 Å². The van der Waals surface area contributed by atoms with Crippen LogP contribution in [0.15, 0.2) is 34.3 Å². The fraction of sp³-hybridized carbons (Fsp3) is 0.167. The molecule has 0 fully saturated rings. The van der Waals surface area contributed by atoms with Gasteiger partial charge in [-0.2, -0.15) is 0 Å². The smallest absolute Gasteiger partial charge is 0.336 e. The zero-order valence-corrected chi connectivity index (χ0v) is 10.7. The number of halogens is 1. The van der Waals surface area contributed by atoms with Crippen LogP contribution in [0.3, 0.4) is 0 Å². The third-order valence-corrected chi connectivity index (χ3v) is 3.00. The summed E-state index contributed by atoms with van der Waals surface area (Å²) in [4.78, 5) is 22.9. The molecule has 0 saturated carbocycles. The molecule has 1 N–H and O–H groups in total. The van der Waals surface area contributed by atoms with Gasteiger partial charge in [-0.3, -0.25) is 4.79 Å². The fourth-order valence-corrected chi connectivity index (χ4v) is 1.93. The molecule has 0 unspecified atom stereocenters. The number of carbonyl (C=O) groups excluding carboxylic acids is 2. The van der Waals surface area contributed by atoms with Crippen LogP contribution in [0.5, 0.6) is 0 Å². The summed E-state index contributed by atoms with van der Waals surface area (Å²) in [6.07, 6.45) is 0.0675. The quantitative estimate of drug-likeness (QED) is 0.847. The number of ether oxygens (including phenoxy) is 1. The molecule has 0 spiro atoms. The van der Waals surface area contributed by atoms with Crippen LogP contribution in [0.1, 0.15) is 12.0 Å². The maximum absolute atomic E-state index is 11.5. The molecule has 17 heavy (non-hydrogen) atoms. The molecule has 1 heterocycles. The van der Waals surface area contributed by atoms with E-state index in [2.05, 4.69) is 26.0 Å². The third kappa shape index (κ3) is 2.39. The Morgan fingerprint density at radius 1 is 1.35 bits per heavy atom. The highest BCUT2D eigenvalue weighted by Crippen LogP contribution is 2.25. The lowest BCUT2D eigenvalue weighted by Crippen LogP contribution is -2.14. The van der Waals surface area contributed by atoms with E-state index in [1.165, 1.54) is 7.11 Å². The number of carbonyl (C=O) groups is 2. The Labute approximate surface area is 107 Å². The molecule has 0 bridgehead atoms. The van der Waals surface area contributed by atoms with Crippen LogP contribution in [0.4, 0.5) is 0 Å². The highest BCUT2D eigenvalue weighted by molar-refractivity contribution is 9.10. The Balaban J connectivity index is 2.43. The number of benzene rings is 1. The topological polar surface area (TPSA) is 55.4 Å². The lowest BCUT2D eigenvalue weighted by molar-refractivity contribution is -0.136. The molecule has 0 radical (unpaired) electrons. The summed E-state index contributed by atoms with van der Waals surface area (Å²) in [5.74, 6) is -0.662. The van der Waals surface area contributed by atoms with Gasteiger partial charge in [0.25, 0.3) is 0 Å². The van der Waals surface area contributed by atoms with Crippen molar-refractivity contribution in [2.75, 3.05) is 7.11 Å². The predicted molar refractivity (Wildman–Crippen MR) is 65.8 cm³/mol. The Bertz CT molecular complexity index is 505. The molecule has 4 nitrogen and oxygen atoms in total. The van der Waals surface area contributed by atoms with Crippen molar-refractivity contribution in [1.82, 2.24) is 5.32 Å². The summed E-state index contributed by atoms with van der Waals surface area (Å²) in [5.41, 5.74) is 1.70. The Morgan fingerprint density at radius 3 is 2.59 bits per heavy atom. The molecule has 1 aliphatic rings. The number of rotatable bonds is 2. The number of nitrogens with one attached hydrogen (secondary N) is 1. The van der Waals surface area contributed by atoms with Crippen molar-refractivity contribution in [3.8, 4) is 0 Å². The number of esters is 1. The summed E-state index contributed by atoms with van der Waals surface area (Å²) in [6.45, 7) is 0. The minimum atomic E-state index is -0.471. The molecular weight excluding hydrogens is 286 g/mol. The van der Waals surface area contributed by atoms with Crippen molar-refractivity contribution in [3.05, 3.63) is 39.9 Å². The monoisotopic (exact) mass is 295 g/mol. The zero-order valence-electron chi connectivity index (χ0n) is 9.12. The largest absolute Gasteiger partial charge is 0.466 e. The van der Waals surface area contributed by atoms with E-state index < -0.39 is 5.97 Å². The van der Waals surface area contributed by atoms with E-state index in [1.54, 1.807) is 0 Å². The van der Waals surface area contributed by atoms with Crippen LogP contribution in [-0.2, 0) is 14.3 Å². The van der Waals surface area contributed by atoms with E-state index in [9.17, 15) is 9.59 Å². The molecule has 0 aliphatic carbocycles. The third-order valence-electron chi connectivity index (χ3n) is 2.47. The van der Waals surface area contributed by atoms with Gasteiger partial charge in [0.15, 0.2) is 0 Å². The highest BCUT2D eigenvalue weighted by atomic mass is 79.9. The maximum atomic E-state index is 11.5. The zero-order chi connectivity index (χ0) is 12.4. The Hall–Kier alpha value is -1.62. The van der Waals surface area contributed by atoms with Gasteiger partial charge in [0.05, 0.1) is 24.8 Å². The molecule has 2 rings (SSSR count). The summed E-state index contributed by atoms with van der Waals surface area (Å²) >= 11 is 3.33. The van der Waals surface area contributed by atoms with Crippen molar-refractivity contribution in [2.45, 2.75) is 6.42 Å². The van der Waals surface area contributed by atoms with E-state index in [1.807, 2.05) is 24.3 Å². The number of hydrogen-bond donors (Lipinski definition) is 1. The van der Waals surface area contributed by atoms with E-state index in [4.69, 9.17) is 0 Å². The van der Waals surface area contributed by atoms with Gasteiger partial charge in [-0.25, -0.2) is 4.79 Å². The van der Waals surface area contributed by atoms with Gasteiger partial charge in [-0.15, -0.1) is 0 Å². The molecule has 88 valence electrons. The Kier molecular flexibility index (Phi) is 3.28. The van der Waals surface area contributed by atoms with Crippen LogP contribution in [0.2, 0.25) is 0 Å². The van der Waals surface area contributed by atoms with Crippen LogP contribution in [0.25, 0.3) is 5.70 Å². The standard InChI is InChI=1S/C12H10BrNO3/c1-17-12(16)9-6-10(15)14-11(9)7-2-4-8(13)5-3-7/h2-5H,6H2,1H3,(H,14,15). The number of hydrogen-bond acceptors (Lipinski definition) is 3. The van der Waals surface area contributed by atoms with Gasteiger partial charge >= 0.3 is 5.97 Å². The van der Waals surface area contributed by atoms with E-state index in [0.717, 1.165) is 10.0 Å². The van der Waals surface area contributed by atoms with Gasteiger partial charge in [0, 0.05) is 4.47 Å². The molecule has 1 aromatic rings. The van der Waals surface area contributed by atoms with Gasteiger partial charge in [0.1, 0.15) is 0 Å². The van der Waals surface area contributed by atoms with Crippen molar-refractivity contribution >= 4 is 33.5 Å².